The minimum absolute atomic E-state index is 0.125. The van der Waals surface area contributed by atoms with Crippen LogP contribution in [0, 0.1) is 23.2 Å². The van der Waals surface area contributed by atoms with Gasteiger partial charge in [0.05, 0.1) is 0 Å². The molecule has 1 unspecified atom stereocenters. The van der Waals surface area contributed by atoms with Crippen molar-refractivity contribution in [3.05, 3.63) is 29.3 Å². The lowest BCUT2D eigenvalue weighted by Gasteiger charge is -2.53. The fourth-order valence-corrected chi connectivity index (χ4v) is 13.1. The first-order valence-corrected chi connectivity index (χ1v) is 25.3. The molecule has 2 heterocycles. The molecule has 0 bridgehead atoms. The molecule has 7 atom stereocenters. The molecule has 2 saturated heterocycles. The van der Waals surface area contributed by atoms with Crippen LogP contribution in [0.15, 0.2) is 18.2 Å². The van der Waals surface area contributed by atoms with E-state index >= 15 is 0 Å². The normalized spacial score (nSPS) is 28.8. The molecule has 1 aromatic carbocycles. The van der Waals surface area contributed by atoms with E-state index in [1.165, 1.54) is 37.9 Å². The molecule has 59 heavy (non-hydrogen) atoms. The number of hydrogen-bond donors (Lipinski definition) is 2. The Morgan fingerprint density at radius 1 is 0.898 bits per heavy atom. The summed E-state index contributed by atoms with van der Waals surface area (Å²) in [6, 6.07) is 6.04. The lowest BCUT2D eigenvalue weighted by molar-refractivity contribution is -0.284. The van der Waals surface area contributed by atoms with Crippen LogP contribution in [0.5, 0.6) is 5.75 Å². The minimum Gasteiger partial charge on any atom is -0.616 e. The monoisotopic (exact) mass is 880 g/mol. The van der Waals surface area contributed by atoms with Crippen molar-refractivity contribution in [2.45, 2.75) is 166 Å². The van der Waals surface area contributed by atoms with Crippen LogP contribution in [0.3, 0.4) is 0 Å². The summed E-state index contributed by atoms with van der Waals surface area (Å²) in [6.45, 7) is 6.16. The van der Waals surface area contributed by atoms with E-state index < -0.39 is 43.9 Å². The second kappa shape index (κ2) is 20.2. The smallest absolute Gasteiger partial charge is 0.524 e. The van der Waals surface area contributed by atoms with Gasteiger partial charge in [-0.05, 0) is 143 Å². The third-order valence-electron chi connectivity index (χ3n) is 14.6. The van der Waals surface area contributed by atoms with Crippen LogP contribution in [0.25, 0.3) is 0 Å². The number of phosphoric ester groups is 1. The van der Waals surface area contributed by atoms with E-state index in [0.717, 1.165) is 109 Å². The molecule has 0 aromatic heterocycles. The summed E-state index contributed by atoms with van der Waals surface area (Å²) in [7, 11) is -4.71. The Labute approximate surface area is 350 Å². The molecular formula is C43H66F5N2O7PS. The SMILES string of the molecule is C[C@]12CC[C@@H]3c4ccc(OP(=O)(O)O)cc4C[C@@H](CCCCCCCCC[S+]([O-])CCCC(F)(F)C(F)(F)F)[C@H]3[C@@H]1CC[C@@H]2OC(=O)N1CCC(N2CCCCC2)CC1. The average Bonchev–Trinajstić information content (AvgIpc) is 3.51. The molecule has 0 spiro atoms. The van der Waals surface area contributed by atoms with Crippen LogP contribution >= 0.6 is 7.82 Å². The number of phosphoric acid groups is 1. The number of hydrogen-bond acceptors (Lipinski definition) is 6. The molecular weight excluding hydrogens is 815 g/mol. The number of fused-ring (bicyclic) bond motifs is 5. The van der Waals surface area contributed by atoms with Gasteiger partial charge in [0.1, 0.15) is 23.4 Å². The average molecular weight is 881 g/mol. The Morgan fingerprint density at radius 2 is 1.56 bits per heavy atom. The maximum absolute atomic E-state index is 13.7. The summed E-state index contributed by atoms with van der Waals surface area (Å²) >= 11 is -1.41. The van der Waals surface area contributed by atoms with Crippen LogP contribution in [-0.4, -0.2) is 92.2 Å². The maximum atomic E-state index is 13.7. The van der Waals surface area contributed by atoms with E-state index in [1.54, 1.807) is 6.07 Å². The third-order valence-corrected chi connectivity index (χ3v) is 16.5. The summed E-state index contributed by atoms with van der Waals surface area (Å²) in [5.74, 6) is -2.96. The highest BCUT2D eigenvalue weighted by Gasteiger charge is 2.59. The molecule has 6 rings (SSSR count). The van der Waals surface area contributed by atoms with Crippen molar-refractivity contribution < 1.29 is 54.9 Å². The predicted molar refractivity (Wildman–Crippen MR) is 218 cm³/mol. The van der Waals surface area contributed by atoms with Crippen LogP contribution < -0.4 is 4.52 Å². The molecule has 1 amide bonds. The Hall–Kier alpha value is -1.64. The van der Waals surface area contributed by atoms with E-state index in [4.69, 9.17) is 9.26 Å². The van der Waals surface area contributed by atoms with Crippen LogP contribution in [0.1, 0.15) is 146 Å². The molecule has 5 aliphatic rings. The van der Waals surface area contributed by atoms with Gasteiger partial charge in [-0.3, -0.25) is 9.79 Å². The summed E-state index contributed by atoms with van der Waals surface area (Å²) in [5, 5.41) is 0. The molecule has 2 aliphatic heterocycles. The number of amides is 1. The molecule has 4 fully saturated rings. The van der Waals surface area contributed by atoms with Crippen molar-refractivity contribution in [3.8, 4) is 5.75 Å². The van der Waals surface area contributed by atoms with Gasteiger partial charge < -0.3 is 23.6 Å². The van der Waals surface area contributed by atoms with Gasteiger partial charge in [0, 0.05) is 31.0 Å². The number of ether oxygens (including phenoxy) is 1. The fraction of sp³-hybridized carbons (Fsp3) is 0.837. The number of alkyl halides is 5. The highest BCUT2D eigenvalue weighted by atomic mass is 32.2. The number of nitrogens with zero attached hydrogens (tertiary/aromatic N) is 2. The van der Waals surface area contributed by atoms with Crippen molar-refractivity contribution in [1.82, 2.24) is 9.80 Å². The van der Waals surface area contributed by atoms with Gasteiger partial charge >= 0.3 is 26.0 Å². The van der Waals surface area contributed by atoms with Crippen LogP contribution in [-0.2, 0) is 26.9 Å². The van der Waals surface area contributed by atoms with E-state index in [-0.39, 0.29) is 29.1 Å². The Balaban J connectivity index is 0.996. The topological polar surface area (TPSA) is 123 Å². The largest absolute Gasteiger partial charge is 0.616 e. The highest BCUT2D eigenvalue weighted by Crippen LogP contribution is 2.63. The van der Waals surface area contributed by atoms with Crippen LogP contribution in [0.4, 0.5) is 26.7 Å². The van der Waals surface area contributed by atoms with Crippen molar-refractivity contribution in [1.29, 1.82) is 0 Å². The van der Waals surface area contributed by atoms with E-state index in [1.807, 2.05) is 17.0 Å². The predicted octanol–water partition coefficient (Wildman–Crippen LogP) is 10.5. The number of piperidine rings is 2. The first-order chi connectivity index (χ1) is 27.9. The van der Waals surface area contributed by atoms with Gasteiger partial charge in [0.15, 0.2) is 0 Å². The number of carbonyl (C=O) groups is 1. The molecule has 0 radical (unpaired) electrons. The molecule has 2 saturated carbocycles. The Morgan fingerprint density at radius 3 is 2.24 bits per heavy atom. The minimum atomic E-state index is -5.58. The zero-order chi connectivity index (χ0) is 42.4. The van der Waals surface area contributed by atoms with E-state index in [0.29, 0.717) is 41.9 Å². The zero-order valence-corrected chi connectivity index (χ0v) is 36.4. The number of rotatable bonds is 18. The molecule has 16 heteroatoms. The quantitative estimate of drug-likeness (QED) is 0.0647. The second-order valence-electron chi connectivity index (χ2n) is 18.4. The van der Waals surface area contributed by atoms with Crippen LogP contribution in [0.2, 0.25) is 0 Å². The number of halogens is 5. The van der Waals surface area contributed by atoms with E-state index in [2.05, 4.69) is 11.8 Å². The van der Waals surface area contributed by atoms with Gasteiger partial charge in [-0.15, -0.1) is 0 Å². The summed E-state index contributed by atoms with van der Waals surface area (Å²) in [6.07, 6.45) is 10.3. The lowest BCUT2D eigenvalue weighted by atomic mass is 9.52. The summed E-state index contributed by atoms with van der Waals surface area (Å²) in [4.78, 5) is 37.2. The van der Waals surface area contributed by atoms with Gasteiger partial charge in [0.2, 0.25) is 0 Å². The second-order valence-corrected chi connectivity index (χ2v) is 21.3. The number of likely N-dealkylation sites (tertiary alicyclic amines) is 2. The fourth-order valence-electron chi connectivity index (χ4n) is 11.5. The molecule has 336 valence electrons. The highest BCUT2D eigenvalue weighted by molar-refractivity contribution is 7.91. The van der Waals surface area contributed by atoms with Crippen molar-refractivity contribution in [2.24, 2.45) is 23.2 Å². The van der Waals surface area contributed by atoms with Gasteiger partial charge in [-0.25, -0.2) is 9.36 Å². The summed E-state index contributed by atoms with van der Waals surface area (Å²) < 4.78 is 98.6. The standard InChI is InChI=1S/C43H66F5N2O7PS/c1-41-22-18-36-35-15-14-34(57-58(52,53)54)30-32(35)29-31(13-8-5-3-2-4-6-11-27-59(55)28-12-21-42(44,45)43(46,47)48)39(36)37(41)16-17-38(41)56-40(51)50-25-19-33(20-26-50)49-23-9-7-10-24-49/h14-15,30-31,33,36-39H,2-13,16-29H2,1H3,(H2,52,53,54)/t31-,36-,37+,38+,39-,41+,59?/m1/s1. The van der Waals surface area contributed by atoms with E-state index in [9.17, 15) is 45.7 Å². The first kappa shape index (κ1) is 46.9. The summed E-state index contributed by atoms with van der Waals surface area (Å²) in [5.41, 5.74) is 2.20. The number of unbranched alkanes of at least 4 members (excludes halogenated alkanes) is 6. The Bertz CT molecular complexity index is 1570. The number of carbonyl (C=O) groups excluding carboxylic acids is 1. The van der Waals surface area contributed by atoms with Gasteiger partial charge in [-0.2, -0.15) is 22.0 Å². The number of benzene rings is 1. The first-order valence-electron chi connectivity index (χ1n) is 22.3. The molecule has 1 aromatic rings. The van der Waals surface area contributed by atoms with Crippen molar-refractivity contribution in [3.63, 3.8) is 0 Å². The van der Waals surface area contributed by atoms with Gasteiger partial charge in [-0.1, -0.05) is 62.7 Å². The van der Waals surface area contributed by atoms with Crippen molar-refractivity contribution >= 4 is 25.1 Å². The lowest BCUT2D eigenvalue weighted by Crippen LogP contribution is -2.51. The van der Waals surface area contributed by atoms with Gasteiger partial charge in [0.25, 0.3) is 0 Å². The van der Waals surface area contributed by atoms with Crippen molar-refractivity contribution in [2.75, 3.05) is 37.7 Å². The molecule has 2 N–H and O–H groups in total. The third kappa shape index (κ3) is 12.1. The Kier molecular flexibility index (Phi) is 16.1. The molecule has 9 nitrogen and oxygen atoms in total. The molecule has 3 aliphatic carbocycles. The zero-order valence-electron chi connectivity index (χ0n) is 34.7. The maximum Gasteiger partial charge on any atom is 0.524 e.